The van der Waals surface area contributed by atoms with Crippen molar-refractivity contribution in [3.05, 3.63) is 48.0 Å². The van der Waals surface area contributed by atoms with E-state index in [9.17, 15) is 9.59 Å². The quantitative estimate of drug-likeness (QED) is 0.631. The van der Waals surface area contributed by atoms with Gasteiger partial charge in [-0.25, -0.2) is 9.59 Å². The van der Waals surface area contributed by atoms with Gasteiger partial charge in [-0.05, 0) is 12.5 Å². The van der Waals surface area contributed by atoms with Gasteiger partial charge in [-0.1, -0.05) is 36.9 Å². The summed E-state index contributed by atoms with van der Waals surface area (Å²) >= 11 is 0. The van der Waals surface area contributed by atoms with Crippen molar-refractivity contribution in [1.29, 1.82) is 0 Å². The average molecular weight is 263 g/mol. The molecule has 1 unspecified atom stereocenters. The molecule has 0 heterocycles. The lowest BCUT2D eigenvalue weighted by atomic mass is 10.1. The minimum Gasteiger partial charge on any atom is -0.462 e. The van der Waals surface area contributed by atoms with Crippen molar-refractivity contribution in [2.24, 2.45) is 5.73 Å². The zero-order valence-corrected chi connectivity index (χ0v) is 10.8. The second-order valence-corrected chi connectivity index (χ2v) is 4.04. The lowest BCUT2D eigenvalue weighted by Crippen LogP contribution is -2.19. The Kier molecular flexibility index (Phi) is 5.60. The van der Waals surface area contributed by atoms with Gasteiger partial charge in [0.2, 0.25) is 0 Å². The van der Waals surface area contributed by atoms with Crippen molar-refractivity contribution >= 4 is 12.1 Å². The van der Waals surface area contributed by atoms with E-state index in [1.807, 2.05) is 30.3 Å². The molecular formula is C14H17NO4. The highest BCUT2D eigenvalue weighted by Crippen LogP contribution is 2.21. The highest BCUT2D eigenvalue weighted by atomic mass is 16.6. The molecule has 0 bridgehead atoms. The molecule has 2 N–H and O–H groups in total. The molecule has 1 aromatic carbocycles. The van der Waals surface area contributed by atoms with Gasteiger partial charge in [0.05, 0.1) is 6.61 Å². The Hall–Kier alpha value is -2.30. The van der Waals surface area contributed by atoms with Crippen molar-refractivity contribution in [1.82, 2.24) is 0 Å². The highest BCUT2D eigenvalue weighted by Gasteiger charge is 2.16. The number of hydrogen-bond donors (Lipinski definition) is 1. The number of hydrogen-bond acceptors (Lipinski definition) is 4. The number of primary amides is 1. The number of carbonyl (C=O) groups is 2. The molecule has 1 aromatic rings. The van der Waals surface area contributed by atoms with Crippen LogP contribution in [0.4, 0.5) is 4.79 Å². The van der Waals surface area contributed by atoms with Crippen LogP contribution in [0.5, 0.6) is 0 Å². The van der Waals surface area contributed by atoms with E-state index in [2.05, 4.69) is 6.58 Å². The summed E-state index contributed by atoms with van der Waals surface area (Å²) in [6.07, 6.45) is -1.05. The molecule has 0 saturated heterocycles. The van der Waals surface area contributed by atoms with Gasteiger partial charge in [-0.3, -0.25) is 0 Å². The Balaban J connectivity index is 2.59. The summed E-state index contributed by atoms with van der Waals surface area (Å²) in [6.45, 7) is 5.17. The van der Waals surface area contributed by atoms with Crippen LogP contribution < -0.4 is 5.73 Å². The number of ether oxygens (including phenoxy) is 2. The van der Waals surface area contributed by atoms with Crippen LogP contribution in [-0.2, 0) is 14.3 Å². The Morgan fingerprint density at radius 3 is 2.47 bits per heavy atom. The summed E-state index contributed by atoms with van der Waals surface area (Å²) in [7, 11) is 0. The zero-order chi connectivity index (χ0) is 14.3. The van der Waals surface area contributed by atoms with Crippen LogP contribution in [0, 0.1) is 0 Å². The van der Waals surface area contributed by atoms with Gasteiger partial charge in [0.25, 0.3) is 0 Å². The summed E-state index contributed by atoms with van der Waals surface area (Å²) in [4.78, 5) is 22.1. The third-order valence-corrected chi connectivity index (χ3v) is 2.39. The van der Waals surface area contributed by atoms with Crippen molar-refractivity contribution in [3.63, 3.8) is 0 Å². The zero-order valence-electron chi connectivity index (χ0n) is 10.8. The number of nitrogens with two attached hydrogens (primary N) is 1. The number of benzene rings is 1. The summed E-state index contributed by atoms with van der Waals surface area (Å²) in [5, 5.41) is 0. The minimum atomic E-state index is -0.861. The molecule has 102 valence electrons. The highest BCUT2D eigenvalue weighted by molar-refractivity contribution is 5.86. The van der Waals surface area contributed by atoms with Gasteiger partial charge in [0.15, 0.2) is 0 Å². The van der Waals surface area contributed by atoms with Gasteiger partial charge in [-0.2, -0.15) is 0 Å². The van der Waals surface area contributed by atoms with E-state index < -0.39 is 18.2 Å². The summed E-state index contributed by atoms with van der Waals surface area (Å²) in [5.74, 6) is -0.467. The Morgan fingerprint density at radius 2 is 1.95 bits per heavy atom. The molecule has 0 saturated carbocycles. The van der Waals surface area contributed by atoms with Crippen LogP contribution in [0.2, 0.25) is 0 Å². The standard InChI is InChI=1S/C14H17NO4/c1-10(2)13(16)18-9-8-12(19-14(15)17)11-6-4-3-5-7-11/h3-7,12H,1,8-9H2,2H3,(H2,15,17). The molecule has 0 fully saturated rings. The van der Waals surface area contributed by atoms with Crippen LogP contribution in [0.3, 0.4) is 0 Å². The SMILES string of the molecule is C=C(C)C(=O)OCCC(OC(N)=O)c1ccccc1. The molecule has 1 amide bonds. The molecule has 1 atom stereocenters. The Bertz CT molecular complexity index is 456. The summed E-state index contributed by atoms with van der Waals surface area (Å²) in [5.41, 5.74) is 6.15. The fraction of sp³-hybridized carbons (Fsp3) is 0.286. The monoisotopic (exact) mass is 263 g/mol. The number of carbonyl (C=O) groups excluding carboxylic acids is 2. The molecule has 5 nitrogen and oxygen atoms in total. The molecule has 5 heteroatoms. The average Bonchev–Trinajstić information content (AvgIpc) is 2.37. The Labute approximate surface area is 112 Å². The second kappa shape index (κ2) is 7.20. The van der Waals surface area contributed by atoms with Gasteiger partial charge < -0.3 is 15.2 Å². The predicted molar refractivity (Wildman–Crippen MR) is 70.2 cm³/mol. The van der Waals surface area contributed by atoms with Gasteiger partial charge in [0.1, 0.15) is 6.10 Å². The normalized spacial score (nSPS) is 11.4. The van der Waals surface area contributed by atoms with E-state index in [1.54, 1.807) is 6.92 Å². The molecule has 0 spiro atoms. The van der Waals surface area contributed by atoms with Crippen LogP contribution in [-0.4, -0.2) is 18.7 Å². The van der Waals surface area contributed by atoms with E-state index in [-0.39, 0.29) is 6.61 Å². The topological polar surface area (TPSA) is 78.6 Å². The molecular weight excluding hydrogens is 246 g/mol. The lowest BCUT2D eigenvalue weighted by molar-refractivity contribution is -0.139. The molecule has 0 aromatic heterocycles. The maximum absolute atomic E-state index is 11.2. The van der Waals surface area contributed by atoms with Crippen molar-refractivity contribution in [3.8, 4) is 0 Å². The van der Waals surface area contributed by atoms with E-state index in [0.29, 0.717) is 12.0 Å². The smallest absolute Gasteiger partial charge is 0.405 e. The number of esters is 1. The summed E-state index contributed by atoms with van der Waals surface area (Å²) < 4.78 is 9.97. The van der Waals surface area contributed by atoms with Gasteiger partial charge >= 0.3 is 12.1 Å². The van der Waals surface area contributed by atoms with Crippen LogP contribution in [0.25, 0.3) is 0 Å². The minimum absolute atomic E-state index is 0.124. The fourth-order valence-electron chi connectivity index (χ4n) is 1.48. The van der Waals surface area contributed by atoms with Crippen LogP contribution >= 0.6 is 0 Å². The van der Waals surface area contributed by atoms with Crippen molar-refractivity contribution in [2.45, 2.75) is 19.4 Å². The first-order valence-corrected chi connectivity index (χ1v) is 5.84. The predicted octanol–water partition coefficient (Wildman–Crippen LogP) is 2.33. The number of amides is 1. The molecule has 19 heavy (non-hydrogen) atoms. The maximum atomic E-state index is 11.2. The third-order valence-electron chi connectivity index (χ3n) is 2.39. The molecule has 1 rings (SSSR count). The molecule has 0 aliphatic heterocycles. The lowest BCUT2D eigenvalue weighted by Gasteiger charge is -2.17. The number of rotatable bonds is 6. The van der Waals surface area contributed by atoms with E-state index >= 15 is 0 Å². The molecule has 0 aliphatic carbocycles. The van der Waals surface area contributed by atoms with Crippen molar-refractivity contribution < 1.29 is 19.1 Å². The van der Waals surface area contributed by atoms with E-state index in [4.69, 9.17) is 15.2 Å². The maximum Gasteiger partial charge on any atom is 0.405 e. The first-order chi connectivity index (χ1) is 9.00. The van der Waals surface area contributed by atoms with Crippen LogP contribution in [0.1, 0.15) is 25.0 Å². The summed E-state index contributed by atoms with van der Waals surface area (Å²) in [6, 6.07) is 9.13. The second-order valence-electron chi connectivity index (χ2n) is 4.04. The largest absolute Gasteiger partial charge is 0.462 e. The first-order valence-electron chi connectivity index (χ1n) is 5.84. The van der Waals surface area contributed by atoms with Crippen LogP contribution in [0.15, 0.2) is 42.5 Å². The Morgan fingerprint density at radius 1 is 1.32 bits per heavy atom. The van der Waals surface area contributed by atoms with Gasteiger partial charge in [0, 0.05) is 12.0 Å². The fourth-order valence-corrected chi connectivity index (χ4v) is 1.48. The first kappa shape index (κ1) is 14.8. The molecule has 0 aliphatic rings. The van der Waals surface area contributed by atoms with Gasteiger partial charge in [-0.15, -0.1) is 0 Å². The van der Waals surface area contributed by atoms with E-state index in [1.165, 1.54) is 0 Å². The third kappa shape index (κ3) is 5.25. The van der Waals surface area contributed by atoms with Crippen molar-refractivity contribution in [2.75, 3.05) is 6.61 Å². The molecule has 0 radical (unpaired) electrons. The van der Waals surface area contributed by atoms with E-state index in [0.717, 1.165) is 5.56 Å².